The first-order valence-corrected chi connectivity index (χ1v) is 11.6. The second-order valence-corrected chi connectivity index (χ2v) is 9.28. The lowest BCUT2D eigenvalue weighted by atomic mass is 10.2. The van der Waals surface area contributed by atoms with Crippen LogP contribution in [0.15, 0.2) is 29.2 Å². The summed E-state index contributed by atoms with van der Waals surface area (Å²) in [6.45, 7) is 7.11. The minimum atomic E-state index is -3.66. The number of hydrogen-bond donors (Lipinski definition) is 2. The second-order valence-electron chi connectivity index (χ2n) is 7.57. The van der Waals surface area contributed by atoms with Crippen molar-refractivity contribution in [2.24, 2.45) is 0 Å². The Kier molecular flexibility index (Phi) is 9.22. The number of rotatable bonds is 10. The second kappa shape index (κ2) is 11.4. The number of methoxy groups -OCH3 is 1. The fourth-order valence-electron chi connectivity index (χ4n) is 3.17. The highest BCUT2D eigenvalue weighted by Crippen LogP contribution is 2.15. The Morgan fingerprint density at radius 2 is 1.87 bits per heavy atom. The first kappa shape index (κ1) is 24.3. The van der Waals surface area contributed by atoms with Crippen molar-refractivity contribution in [2.75, 3.05) is 53.0 Å². The zero-order valence-electron chi connectivity index (χ0n) is 17.9. The zero-order valence-corrected chi connectivity index (χ0v) is 18.7. The van der Waals surface area contributed by atoms with E-state index in [0.717, 1.165) is 6.42 Å². The molecular formula is C20H32N4O5S. The van der Waals surface area contributed by atoms with E-state index >= 15 is 0 Å². The van der Waals surface area contributed by atoms with Crippen molar-refractivity contribution in [3.8, 4) is 0 Å². The summed E-state index contributed by atoms with van der Waals surface area (Å²) in [6, 6.07) is 5.85. The van der Waals surface area contributed by atoms with Crippen LogP contribution in [0, 0.1) is 0 Å². The van der Waals surface area contributed by atoms with Gasteiger partial charge in [0.05, 0.1) is 11.4 Å². The van der Waals surface area contributed by atoms with Crippen molar-refractivity contribution < 1.29 is 22.7 Å². The van der Waals surface area contributed by atoms with Gasteiger partial charge in [-0.25, -0.2) is 13.1 Å². The van der Waals surface area contributed by atoms with Crippen molar-refractivity contribution in [3.05, 3.63) is 29.8 Å². The van der Waals surface area contributed by atoms with Gasteiger partial charge in [0.15, 0.2) is 0 Å². The quantitative estimate of drug-likeness (QED) is 0.506. The monoisotopic (exact) mass is 440 g/mol. The van der Waals surface area contributed by atoms with Gasteiger partial charge in [0.25, 0.3) is 5.91 Å². The van der Waals surface area contributed by atoms with Crippen LogP contribution < -0.4 is 10.0 Å². The predicted octanol–water partition coefficient (Wildman–Crippen LogP) is 0.284. The molecule has 0 unspecified atom stereocenters. The van der Waals surface area contributed by atoms with Gasteiger partial charge in [-0.15, -0.1) is 0 Å². The zero-order chi connectivity index (χ0) is 22.1. The van der Waals surface area contributed by atoms with Crippen LogP contribution in [0.2, 0.25) is 0 Å². The third-order valence-electron chi connectivity index (χ3n) is 4.66. The number of hydrogen-bond acceptors (Lipinski definition) is 6. The van der Waals surface area contributed by atoms with E-state index in [1.54, 1.807) is 38.0 Å². The van der Waals surface area contributed by atoms with Crippen LogP contribution in [0.25, 0.3) is 0 Å². The van der Waals surface area contributed by atoms with Crippen LogP contribution in [0.3, 0.4) is 0 Å². The lowest BCUT2D eigenvalue weighted by Crippen LogP contribution is -2.51. The molecule has 1 aromatic carbocycles. The Bertz CT molecular complexity index is 820. The largest absolute Gasteiger partial charge is 0.385 e. The highest BCUT2D eigenvalue weighted by Gasteiger charge is 2.24. The SMILES string of the molecule is COCCCNC(=O)CN1CCN(C(=O)c2cccc(S(=O)(=O)NC(C)C)c2)CC1. The van der Waals surface area contributed by atoms with Gasteiger partial charge in [0, 0.05) is 58.0 Å². The van der Waals surface area contributed by atoms with Gasteiger partial charge in [0.1, 0.15) is 0 Å². The van der Waals surface area contributed by atoms with Gasteiger partial charge in [0.2, 0.25) is 15.9 Å². The number of carbonyl (C=O) groups is 2. The standard InChI is InChI=1S/C20H32N4O5S/c1-16(2)22-30(27,28)18-7-4-6-17(14-18)20(26)24-11-9-23(10-12-24)15-19(25)21-8-5-13-29-3/h4,6-7,14,16,22H,5,8-13,15H2,1-3H3,(H,21,25). The molecule has 1 fully saturated rings. The van der Waals surface area contributed by atoms with E-state index in [4.69, 9.17) is 4.74 Å². The molecule has 10 heteroatoms. The summed E-state index contributed by atoms with van der Waals surface area (Å²) in [5, 5.41) is 2.85. The van der Waals surface area contributed by atoms with Crippen molar-refractivity contribution in [2.45, 2.75) is 31.2 Å². The number of piperazine rings is 1. The number of sulfonamides is 1. The molecule has 1 aromatic rings. The van der Waals surface area contributed by atoms with Gasteiger partial charge in [-0.2, -0.15) is 0 Å². The molecule has 0 bridgehead atoms. The maximum atomic E-state index is 12.8. The summed E-state index contributed by atoms with van der Waals surface area (Å²) in [6.07, 6.45) is 0.770. The summed E-state index contributed by atoms with van der Waals surface area (Å²) in [4.78, 5) is 28.6. The topological polar surface area (TPSA) is 108 Å². The summed E-state index contributed by atoms with van der Waals surface area (Å²) in [7, 11) is -2.04. The molecular weight excluding hydrogens is 408 g/mol. The maximum Gasteiger partial charge on any atom is 0.253 e. The molecule has 0 spiro atoms. The Hall–Kier alpha value is -2.01. The van der Waals surface area contributed by atoms with E-state index in [1.807, 2.05) is 4.90 Å². The molecule has 168 valence electrons. The van der Waals surface area contributed by atoms with E-state index in [9.17, 15) is 18.0 Å². The van der Waals surface area contributed by atoms with Crippen LogP contribution in [0.4, 0.5) is 0 Å². The molecule has 2 N–H and O–H groups in total. The smallest absolute Gasteiger partial charge is 0.253 e. The van der Waals surface area contributed by atoms with E-state index < -0.39 is 10.0 Å². The molecule has 0 aromatic heterocycles. The molecule has 2 amide bonds. The van der Waals surface area contributed by atoms with Crippen molar-refractivity contribution in [3.63, 3.8) is 0 Å². The number of nitrogens with zero attached hydrogens (tertiary/aromatic N) is 2. The van der Waals surface area contributed by atoms with Gasteiger partial charge < -0.3 is 15.0 Å². The summed E-state index contributed by atoms with van der Waals surface area (Å²) < 4.78 is 32.2. The van der Waals surface area contributed by atoms with E-state index in [2.05, 4.69) is 10.0 Å². The lowest BCUT2D eigenvalue weighted by molar-refractivity contribution is -0.122. The van der Waals surface area contributed by atoms with E-state index in [-0.39, 0.29) is 22.8 Å². The molecule has 30 heavy (non-hydrogen) atoms. The van der Waals surface area contributed by atoms with Crippen molar-refractivity contribution >= 4 is 21.8 Å². The van der Waals surface area contributed by atoms with Gasteiger partial charge in [-0.05, 0) is 38.5 Å². The van der Waals surface area contributed by atoms with Gasteiger partial charge >= 0.3 is 0 Å². The van der Waals surface area contributed by atoms with Crippen molar-refractivity contribution in [1.82, 2.24) is 19.8 Å². The third kappa shape index (κ3) is 7.35. The molecule has 0 aliphatic carbocycles. The van der Waals surface area contributed by atoms with Gasteiger partial charge in [-0.1, -0.05) is 6.07 Å². The Balaban J connectivity index is 1.88. The average molecular weight is 441 g/mol. The summed E-state index contributed by atoms with van der Waals surface area (Å²) >= 11 is 0. The maximum absolute atomic E-state index is 12.8. The molecule has 1 saturated heterocycles. The number of nitrogens with one attached hydrogen (secondary N) is 2. The highest BCUT2D eigenvalue weighted by atomic mass is 32.2. The molecule has 0 saturated carbocycles. The lowest BCUT2D eigenvalue weighted by Gasteiger charge is -2.34. The molecule has 1 aliphatic rings. The Labute approximate surface area is 178 Å². The van der Waals surface area contributed by atoms with E-state index in [1.165, 1.54) is 12.1 Å². The first-order valence-electron chi connectivity index (χ1n) is 10.1. The number of ether oxygens (including phenoxy) is 1. The van der Waals surface area contributed by atoms with Crippen LogP contribution in [0.5, 0.6) is 0 Å². The van der Waals surface area contributed by atoms with E-state index in [0.29, 0.717) is 51.4 Å². The number of amides is 2. The fraction of sp³-hybridized carbons (Fsp3) is 0.600. The molecule has 2 rings (SSSR count). The van der Waals surface area contributed by atoms with Crippen LogP contribution in [-0.4, -0.2) is 89.1 Å². The summed E-state index contributed by atoms with van der Waals surface area (Å²) in [5.74, 6) is -0.248. The molecule has 1 aliphatic heterocycles. The molecule has 9 nitrogen and oxygen atoms in total. The Morgan fingerprint density at radius 3 is 2.50 bits per heavy atom. The highest BCUT2D eigenvalue weighted by molar-refractivity contribution is 7.89. The average Bonchev–Trinajstić information content (AvgIpc) is 2.70. The molecule has 0 radical (unpaired) electrons. The minimum Gasteiger partial charge on any atom is -0.385 e. The third-order valence-corrected chi connectivity index (χ3v) is 6.31. The normalized spacial score (nSPS) is 15.4. The van der Waals surface area contributed by atoms with Crippen LogP contribution in [0.1, 0.15) is 30.6 Å². The predicted molar refractivity (Wildman–Crippen MR) is 114 cm³/mol. The van der Waals surface area contributed by atoms with Crippen LogP contribution in [-0.2, 0) is 19.6 Å². The Morgan fingerprint density at radius 1 is 1.17 bits per heavy atom. The minimum absolute atomic E-state index is 0.0403. The van der Waals surface area contributed by atoms with Crippen LogP contribution >= 0.6 is 0 Å². The van der Waals surface area contributed by atoms with Crippen molar-refractivity contribution in [1.29, 1.82) is 0 Å². The number of carbonyl (C=O) groups excluding carboxylic acids is 2. The molecule has 1 heterocycles. The summed E-state index contributed by atoms with van der Waals surface area (Å²) in [5.41, 5.74) is 0.339. The molecule has 0 atom stereocenters. The number of benzene rings is 1. The first-order chi connectivity index (χ1) is 14.2. The van der Waals surface area contributed by atoms with Gasteiger partial charge in [-0.3, -0.25) is 14.5 Å². The fourth-order valence-corrected chi connectivity index (χ4v) is 4.47.